The van der Waals surface area contributed by atoms with E-state index in [4.69, 9.17) is 0 Å². The normalized spacial score (nSPS) is 35.6. The lowest BCUT2D eigenvalue weighted by Gasteiger charge is -2.35. The maximum atomic E-state index is 12.3. The van der Waals surface area contributed by atoms with Gasteiger partial charge < -0.3 is 5.32 Å². The van der Waals surface area contributed by atoms with Gasteiger partial charge in [-0.3, -0.25) is 0 Å². The molecule has 0 aromatic heterocycles. The van der Waals surface area contributed by atoms with Gasteiger partial charge in [-0.1, -0.05) is 13.8 Å². The summed E-state index contributed by atoms with van der Waals surface area (Å²) < 4.78 is 29.1. The molecule has 0 bridgehead atoms. The van der Waals surface area contributed by atoms with Crippen LogP contribution in [0.3, 0.4) is 0 Å². The lowest BCUT2D eigenvalue weighted by atomic mass is 9.96. The van der Waals surface area contributed by atoms with Crippen molar-refractivity contribution in [2.24, 2.45) is 11.8 Å². The Labute approximate surface area is 110 Å². The highest BCUT2D eigenvalue weighted by Crippen LogP contribution is 2.19. The van der Waals surface area contributed by atoms with Crippen LogP contribution in [0.1, 0.15) is 33.1 Å². The standard InChI is InChI=1S/C12H25N3O2S/c1-10-4-3-7-15(9-10)18(16,17)14-12-8-13-6-5-11(12)2/h10-14H,3-9H2,1-2H3/t10-,11-,12+/m1/s1. The van der Waals surface area contributed by atoms with Gasteiger partial charge in [0.15, 0.2) is 0 Å². The fourth-order valence-corrected chi connectivity index (χ4v) is 4.45. The molecule has 0 aromatic rings. The van der Waals surface area contributed by atoms with Crippen molar-refractivity contribution in [1.29, 1.82) is 0 Å². The van der Waals surface area contributed by atoms with Gasteiger partial charge in [-0.05, 0) is 37.6 Å². The number of nitrogens with zero attached hydrogens (tertiary/aromatic N) is 1. The molecule has 0 amide bonds. The van der Waals surface area contributed by atoms with Crippen LogP contribution in [-0.4, -0.2) is 44.9 Å². The third-order valence-corrected chi connectivity index (χ3v) is 5.70. The molecule has 0 saturated carbocycles. The highest BCUT2D eigenvalue weighted by atomic mass is 32.2. The van der Waals surface area contributed by atoms with E-state index in [-0.39, 0.29) is 6.04 Å². The monoisotopic (exact) mass is 275 g/mol. The molecule has 6 heteroatoms. The summed E-state index contributed by atoms with van der Waals surface area (Å²) in [6.07, 6.45) is 3.14. The summed E-state index contributed by atoms with van der Waals surface area (Å²) >= 11 is 0. The molecule has 5 nitrogen and oxygen atoms in total. The average Bonchev–Trinajstić information content (AvgIpc) is 2.32. The largest absolute Gasteiger partial charge is 0.315 e. The molecule has 106 valence electrons. The minimum Gasteiger partial charge on any atom is -0.315 e. The first-order valence-corrected chi connectivity index (χ1v) is 8.41. The zero-order valence-corrected chi connectivity index (χ0v) is 12.2. The molecule has 2 aliphatic heterocycles. The van der Waals surface area contributed by atoms with E-state index in [0.29, 0.717) is 24.9 Å². The van der Waals surface area contributed by atoms with E-state index in [1.165, 1.54) is 0 Å². The Morgan fingerprint density at radius 2 is 2.06 bits per heavy atom. The summed E-state index contributed by atoms with van der Waals surface area (Å²) in [5, 5.41) is 3.25. The van der Waals surface area contributed by atoms with Crippen LogP contribution in [0.5, 0.6) is 0 Å². The Morgan fingerprint density at radius 3 is 2.72 bits per heavy atom. The Morgan fingerprint density at radius 1 is 1.28 bits per heavy atom. The van der Waals surface area contributed by atoms with Crippen LogP contribution in [-0.2, 0) is 10.2 Å². The van der Waals surface area contributed by atoms with Crippen LogP contribution in [0.15, 0.2) is 0 Å². The molecular formula is C12H25N3O2S. The second kappa shape index (κ2) is 5.86. The fourth-order valence-electron chi connectivity index (χ4n) is 2.78. The summed E-state index contributed by atoms with van der Waals surface area (Å²) in [5.74, 6) is 0.875. The summed E-state index contributed by atoms with van der Waals surface area (Å²) in [6.45, 7) is 7.28. The molecule has 18 heavy (non-hydrogen) atoms. The Kier molecular flexibility index (Phi) is 4.64. The lowest BCUT2D eigenvalue weighted by Crippen LogP contribution is -2.55. The van der Waals surface area contributed by atoms with Gasteiger partial charge in [-0.15, -0.1) is 0 Å². The van der Waals surface area contributed by atoms with Crippen LogP contribution in [0, 0.1) is 11.8 Å². The van der Waals surface area contributed by atoms with Crippen molar-refractivity contribution < 1.29 is 8.42 Å². The van der Waals surface area contributed by atoms with Crippen molar-refractivity contribution in [2.45, 2.75) is 39.2 Å². The maximum absolute atomic E-state index is 12.3. The number of piperidine rings is 2. The Hall–Kier alpha value is -0.170. The van der Waals surface area contributed by atoms with Gasteiger partial charge in [0.05, 0.1) is 0 Å². The van der Waals surface area contributed by atoms with Gasteiger partial charge in [-0.2, -0.15) is 17.4 Å². The molecule has 0 unspecified atom stereocenters. The molecule has 2 aliphatic rings. The fraction of sp³-hybridized carbons (Fsp3) is 1.00. The number of hydrogen-bond acceptors (Lipinski definition) is 3. The third kappa shape index (κ3) is 3.44. The summed E-state index contributed by atoms with van der Waals surface area (Å²) in [5.41, 5.74) is 0. The topological polar surface area (TPSA) is 61.4 Å². The molecule has 2 N–H and O–H groups in total. The van der Waals surface area contributed by atoms with E-state index in [0.717, 1.165) is 32.4 Å². The van der Waals surface area contributed by atoms with Crippen molar-refractivity contribution in [1.82, 2.24) is 14.3 Å². The van der Waals surface area contributed by atoms with Crippen molar-refractivity contribution in [2.75, 3.05) is 26.2 Å². The van der Waals surface area contributed by atoms with Gasteiger partial charge in [0, 0.05) is 25.7 Å². The Bertz CT molecular complexity index is 372. The molecule has 0 spiro atoms. The third-order valence-electron chi connectivity index (χ3n) is 4.09. The second-order valence-corrected chi connectivity index (χ2v) is 7.51. The molecule has 0 radical (unpaired) electrons. The van der Waals surface area contributed by atoms with E-state index in [2.05, 4.69) is 23.9 Å². The van der Waals surface area contributed by atoms with Crippen LogP contribution in [0.25, 0.3) is 0 Å². The van der Waals surface area contributed by atoms with E-state index in [1.54, 1.807) is 4.31 Å². The number of nitrogens with one attached hydrogen (secondary N) is 2. The highest BCUT2D eigenvalue weighted by Gasteiger charge is 2.31. The Balaban J connectivity index is 1.97. The number of hydrogen-bond donors (Lipinski definition) is 2. The van der Waals surface area contributed by atoms with Gasteiger partial charge >= 0.3 is 0 Å². The van der Waals surface area contributed by atoms with Crippen LogP contribution in [0.2, 0.25) is 0 Å². The van der Waals surface area contributed by atoms with Crippen LogP contribution in [0.4, 0.5) is 0 Å². The molecule has 2 heterocycles. The van der Waals surface area contributed by atoms with Crippen molar-refractivity contribution >= 4 is 10.2 Å². The van der Waals surface area contributed by atoms with Gasteiger partial charge in [0.2, 0.25) is 0 Å². The predicted octanol–water partition coefficient (Wildman–Crippen LogP) is 0.551. The predicted molar refractivity (Wildman–Crippen MR) is 72.5 cm³/mol. The zero-order valence-electron chi connectivity index (χ0n) is 11.4. The lowest BCUT2D eigenvalue weighted by molar-refractivity contribution is 0.267. The quantitative estimate of drug-likeness (QED) is 0.791. The molecule has 2 fully saturated rings. The SMILES string of the molecule is C[C@@H]1CCCN(S(=O)(=O)N[C@H]2CNCC[C@H]2C)C1. The van der Waals surface area contributed by atoms with E-state index in [9.17, 15) is 8.42 Å². The van der Waals surface area contributed by atoms with E-state index < -0.39 is 10.2 Å². The minimum atomic E-state index is -3.31. The number of rotatable bonds is 3. The first-order valence-electron chi connectivity index (χ1n) is 6.97. The van der Waals surface area contributed by atoms with E-state index in [1.807, 2.05) is 0 Å². The van der Waals surface area contributed by atoms with Gasteiger partial charge in [0.1, 0.15) is 0 Å². The zero-order chi connectivity index (χ0) is 13.2. The summed E-state index contributed by atoms with van der Waals surface area (Å²) in [4.78, 5) is 0. The smallest absolute Gasteiger partial charge is 0.279 e. The maximum Gasteiger partial charge on any atom is 0.279 e. The van der Waals surface area contributed by atoms with Gasteiger partial charge in [-0.25, -0.2) is 0 Å². The molecular weight excluding hydrogens is 250 g/mol. The first kappa shape index (κ1) is 14.2. The minimum absolute atomic E-state index is 0.0287. The van der Waals surface area contributed by atoms with Crippen molar-refractivity contribution in [3.05, 3.63) is 0 Å². The molecule has 2 saturated heterocycles. The van der Waals surface area contributed by atoms with Crippen molar-refractivity contribution in [3.63, 3.8) is 0 Å². The molecule has 0 aliphatic carbocycles. The molecule has 3 atom stereocenters. The summed E-state index contributed by atoms with van der Waals surface area (Å²) in [7, 11) is -3.31. The molecule has 0 aromatic carbocycles. The van der Waals surface area contributed by atoms with Gasteiger partial charge in [0.25, 0.3) is 10.2 Å². The average molecular weight is 275 g/mol. The van der Waals surface area contributed by atoms with Crippen LogP contribution >= 0.6 is 0 Å². The second-order valence-electron chi connectivity index (χ2n) is 5.80. The first-order chi connectivity index (χ1) is 8.49. The van der Waals surface area contributed by atoms with E-state index >= 15 is 0 Å². The summed E-state index contributed by atoms with van der Waals surface area (Å²) in [6, 6.07) is 0.0287. The molecule has 2 rings (SSSR count). The highest BCUT2D eigenvalue weighted by molar-refractivity contribution is 7.87. The van der Waals surface area contributed by atoms with Crippen molar-refractivity contribution in [3.8, 4) is 0 Å². The van der Waals surface area contributed by atoms with Crippen LogP contribution < -0.4 is 10.0 Å².